The SMILES string of the molecule is Cn1c(CCc2cccc(NS(=O)(=O)c3cccc4nsnc34)c2)nc2ccccc21. The van der Waals surface area contributed by atoms with E-state index in [1.165, 1.54) is 0 Å². The van der Waals surface area contributed by atoms with Crippen molar-refractivity contribution in [3.63, 3.8) is 0 Å². The van der Waals surface area contributed by atoms with E-state index in [2.05, 4.69) is 24.1 Å². The number of fused-ring (bicyclic) bond motifs is 2. The second-order valence-electron chi connectivity index (χ2n) is 7.27. The summed E-state index contributed by atoms with van der Waals surface area (Å²) < 4.78 is 39.0. The zero-order valence-corrected chi connectivity index (χ0v) is 18.3. The topological polar surface area (TPSA) is 89.8 Å². The summed E-state index contributed by atoms with van der Waals surface area (Å²) in [5.74, 6) is 0.995. The molecule has 2 heterocycles. The van der Waals surface area contributed by atoms with Gasteiger partial charge in [0, 0.05) is 19.2 Å². The van der Waals surface area contributed by atoms with Crippen LogP contribution in [0.25, 0.3) is 22.1 Å². The van der Waals surface area contributed by atoms with Gasteiger partial charge in [0.2, 0.25) is 0 Å². The van der Waals surface area contributed by atoms with E-state index in [1.807, 2.05) is 43.4 Å². The van der Waals surface area contributed by atoms with Gasteiger partial charge in [-0.05, 0) is 48.4 Å². The van der Waals surface area contributed by atoms with Gasteiger partial charge in [-0.1, -0.05) is 30.3 Å². The summed E-state index contributed by atoms with van der Waals surface area (Å²) in [5.41, 5.74) is 4.59. The van der Waals surface area contributed by atoms with E-state index in [0.29, 0.717) is 16.7 Å². The number of hydrogen-bond acceptors (Lipinski definition) is 6. The van der Waals surface area contributed by atoms with Gasteiger partial charge in [-0.2, -0.15) is 8.75 Å². The van der Waals surface area contributed by atoms with Crippen LogP contribution in [0.4, 0.5) is 5.69 Å². The minimum atomic E-state index is -3.78. The number of anilines is 1. The molecule has 0 saturated heterocycles. The second kappa shape index (κ2) is 7.75. The van der Waals surface area contributed by atoms with Crippen molar-refractivity contribution < 1.29 is 8.42 Å². The molecular weight excluding hydrogens is 430 g/mol. The highest BCUT2D eigenvalue weighted by atomic mass is 32.2. The largest absolute Gasteiger partial charge is 0.331 e. The zero-order valence-electron chi connectivity index (χ0n) is 16.7. The van der Waals surface area contributed by atoms with Crippen LogP contribution in [-0.4, -0.2) is 26.7 Å². The maximum Gasteiger partial charge on any atom is 0.264 e. The van der Waals surface area contributed by atoms with E-state index >= 15 is 0 Å². The van der Waals surface area contributed by atoms with Crippen LogP contribution < -0.4 is 4.72 Å². The highest BCUT2D eigenvalue weighted by Gasteiger charge is 2.19. The minimum absolute atomic E-state index is 0.129. The quantitative estimate of drug-likeness (QED) is 0.420. The van der Waals surface area contributed by atoms with Crippen LogP contribution in [0.1, 0.15) is 11.4 Å². The van der Waals surface area contributed by atoms with Crippen molar-refractivity contribution in [3.05, 3.63) is 78.1 Å². The normalized spacial score (nSPS) is 11.9. The molecule has 0 radical (unpaired) electrons. The molecule has 0 saturated carbocycles. The fourth-order valence-electron chi connectivity index (χ4n) is 3.67. The van der Waals surface area contributed by atoms with Gasteiger partial charge in [-0.15, -0.1) is 0 Å². The molecule has 0 aliphatic rings. The minimum Gasteiger partial charge on any atom is -0.331 e. The highest BCUT2D eigenvalue weighted by Crippen LogP contribution is 2.24. The van der Waals surface area contributed by atoms with Crippen molar-refractivity contribution in [1.29, 1.82) is 0 Å². The third kappa shape index (κ3) is 3.77. The summed E-state index contributed by atoms with van der Waals surface area (Å²) in [4.78, 5) is 4.84. The Balaban J connectivity index is 1.36. The van der Waals surface area contributed by atoms with Crippen LogP contribution >= 0.6 is 11.7 Å². The molecule has 0 unspecified atom stereocenters. The molecule has 0 atom stereocenters. The molecule has 0 aliphatic heterocycles. The van der Waals surface area contributed by atoms with Gasteiger partial charge in [0.1, 0.15) is 21.8 Å². The first-order chi connectivity index (χ1) is 15.0. The van der Waals surface area contributed by atoms with E-state index in [4.69, 9.17) is 4.98 Å². The summed E-state index contributed by atoms with van der Waals surface area (Å²) >= 11 is 0.999. The van der Waals surface area contributed by atoms with E-state index < -0.39 is 10.0 Å². The summed E-state index contributed by atoms with van der Waals surface area (Å²) in [6.45, 7) is 0. The number of aryl methyl sites for hydroxylation is 3. The number of nitrogens with one attached hydrogen (secondary N) is 1. The fourth-order valence-corrected chi connectivity index (χ4v) is 5.49. The lowest BCUT2D eigenvalue weighted by molar-refractivity contribution is 0.602. The van der Waals surface area contributed by atoms with Crippen molar-refractivity contribution >= 4 is 49.5 Å². The average molecular weight is 450 g/mol. The predicted molar refractivity (Wildman–Crippen MR) is 123 cm³/mol. The van der Waals surface area contributed by atoms with Gasteiger partial charge < -0.3 is 4.57 Å². The van der Waals surface area contributed by atoms with Gasteiger partial charge in [0.15, 0.2) is 0 Å². The monoisotopic (exact) mass is 449 g/mol. The Hall–Kier alpha value is -3.30. The molecule has 5 aromatic rings. The fraction of sp³-hybridized carbons (Fsp3) is 0.136. The lowest BCUT2D eigenvalue weighted by atomic mass is 10.1. The molecule has 0 fully saturated rings. The first kappa shape index (κ1) is 19.7. The number of nitrogens with zero attached hydrogens (tertiary/aromatic N) is 4. The molecule has 5 rings (SSSR count). The Morgan fingerprint density at radius 3 is 2.61 bits per heavy atom. The van der Waals surface area contributed by atoms with Crippen molar-refractivity contribution in [2.75, 3.05) is 4.72 Å². The first-order valence-corrected chi connectivity index (χ1v) is 12.0. The van der Waals surface area contributed by atoms with Gasteiger partial charge in [-0.3, -0.25) is 4.72 Å². The van der Waals surface area contributed by atoms with Gasteiger partial charge >= 0.3 is 0 Å². The molecule has 7 nitrogen and oxygen atoms in total. The van der Waals surface area contributed by atoms with Crippen LogP contribution in [0, 0.1) is 0 Å². The molecule has 0 aliphatic carbocycles. The Bertz CT molecular complexity index is 1500. The van der Waals surface area contributed by atoms with Crippen molar-refractivity contribution in [3.8, 4) is 0 Å². The summed E-state index contributed by atoms with van der Waals surface area (Å²) in [6.07, 6.45) is 1.50. The molecule has 2 aromatic heterocycles. The summed E-state index contributed by atoms with van der Waals surface area (Å²) in [6, 6.07) is 20.5. The number of rotatable bonds is 6. The van der Waals surface area contributed by atoms with Gasteiger partial charge in [-0.25, -0.2) is 13.4 Å². The third-order valence-corrected chi connectivity index (χ3v) is 7.19. The Morgan fingerprint density at radius 2 is 1.74 bits per heavy atom. The molecule has 156 valence electrons. The number of para-hydroxylation sites is 2. The Morgan fingerprint density at radius 1 is 0.935 bits per heavy atom. The predicted octanol–water partition coefficient (Wildman–Crippen LogP) is 4.16. The first-order valence-electron chi connectivity index (χ1n) is 9.75. The molecule has 0 amide bonds. The van der Waals surface area contributed by atoms with E-state index in [0.717, 1.165) is 47.0 Å². The second-order valence-corrected chi connectivity index (χ2v) is 9.45. The number of aromatic nitrogens is 4. The number of imidazole rings is 1. The molecule has 0 spiro atoms. The smallest absolute Gasteiger partial charge is 0.264 e. The van der Waals surface area contributed by atoms with Crippen LogP contribution in [0.15, 0.2) is 71.6 Å². The van der Waals surface area contributed by atoms with Crippen LogP contribution in [-0.2, 0) is 29.9 Å². The number of benzene rings is 3. The lowest BCUT2D eigenvalue weighted by Gasteiger charge is -2.10. The molecule has 9 heteroatoms. The van der Waals surface area contributed by atoms with Crippen molar-refractivity contribution in [2.24, 2.45) is 7.05 Å². The maximum atomic E-state index is 13.0. The Kier molecular flexibility index (Phi) is 4.91. The maximum absolute atomic E-state index is 13.0. The summed E-state index contributed by atoms with van der Waals surface area (Å²) in [7, 11) is -1.76. The summed E-state index contributed by atoms with van der Waals surface area (Å²) in [5, 5.41) is 0. The zero-order chi connectivity index (χ0) is 21.4. The van der Waals surface area contributed by atoms with Gasteiger partial charge in [0.25, 0.3) is 10.0 Å². The number of sulfonamides is 1. The van der Waals surface area contributed by atoms with Crippen LogP contribution in [0.2, 0.25) is 0 Å². The Labute approximate surface area is 183 Å². The van der Waals surface area contributed by atoms with Crippen LogP contribution in [0.3, 0.4) is 0 Å². The standard InChI is InChI=1S/C22H19N5O2S2/c1-27-19-10-3-2-8-17(19)23-21(27)13-12-15-6-4-7-16(14-15)26-31(28,29)20-11-5-9-18-22(20)25-30-24-18/h2-11,14,26H,12-13H2,1H3. The molecule has 31 heavy (non-hydrogen) atoms. The third-order valence-electron chi connectivity index (χ3n) is 5.23. The number of hydrogen-bond donors (Lipinski definition) is 1. The molecule has 3 aromatic carbocycles. The lowest BCUT2D eigenvalue weighted by Crippen LogP contribution is -2.13. The van der Waals surface area contributed by atoms with Gasteiger partial charge in [0.05, 0.1) is 22.8 Å². The van der Waals surface area contributed by atoms with Crippen LogP contribution in [0.5, 0.6) is 0 Å². The molecular formula is C22H19N5O2S2. The van der Waals surface area contributed by atoms with Crippen molar-refractivity contribution in [2.45, 2.75) is 17.7 Å². The molecule has 0 bridgehead atoms. The van der Waals surface area contributed by atoms with E-state index in [1.54, 1.807) is 24.3 Å². The average Bonchev–Trinajstić information content (AvgIpc) is 3.37. The highest BCUT2D eigenvalue weighted by molar-refractivity contribution is 7.93. The van der Waals surface area contributed by atoms with Crippen molar-refractivity contribution in [1.82, 2.24) is 18.3 Å². The molecule has 1 N–H and O–H groups in total. The van der Waals surface area contributed by atoms with E-state index in [9.17, 15) is 8.42 Å². The van der Waals surface area contributed by atoms with E-state index in [-0.39, 0.29) is 4.90 Å².